The van der Waals surface area contributed by atoms with Gasteiger partial charge in [0.1, 0.15) is 6.40 Å². The van der Waals surface area contributed by atoms with E-state index in [0.29, 0.717) is 0 Å². The largest absolute Gasteiger partial charge is 0.466 e. The van der Waals surface area contributed by atoms with Crippen LogP contribution in [0.5, 0.6) is 0 Å². The molecule has 0 N–H and O–H groups in total. The fourth-order valence-corrected chi connectivity index (χ4v) is 0.464. The summed E-state index contributed by atoms with van der Waals surface area (Å²) in [6, 6.07) is 0. The molecule has 0 amide bonds. The molecule has 11 heavy (non-hydrogen) atoms. The fraction of sp³-hybridized carbons (Fsp3) is 0.714. The van der Waals surface area contributed by atoms with Crippen molar-refractivity contribution in [1.82, 2.24) is 0 Å². The van der Waals surface area contributed by atoms with Gasteiger partial charge in [-0.3, -0.25) is 9.59 Å². The summed E-state index contributed by atoms with van der Waals surface area (Å²) < 4.78 is 15.9. The van der Waals surface area contributed by atoms with Crippen molar-refractivity contribution in [2.45, 2.75) is 20.2 Å². The zero-order valence-electron chi connectivity index (χ0n) is 7.62. The predicted octanol–water partition coefficient (Wildman–Crippen LogP) is 0.503. The zero-order valence-corrected chi connectivity index (χ0v) is 6.62. The number of hydrogen-bond acceptors (Lipinski definition) is 4. The van der Waals surface area contributed by atoms with E-state index >= 15 is 0 Å². The lowest BCUT2D eigenvalue weighted by Gasteiger charge is -2.00. The highest BCUT2D eigenvalue weighted by Crippen LogP contribution is 1.89. The summed E-state index contributed by atoms with van der Waals surface area (Å²) in [4.78, 5) is 21.5. The molecule has 0 rings (SSSR count). The van der Waals surface area contributed by atoms with Gasteiger partial charge in [0.05, 0.1) is 14.6 Å². The Morgan fingerprint density at radius 3 is 1.82 bits per heavy atom. The van der Waals surface area contributed by atoms with Crippen LogP contribution in [0.1, 0.15) is 21.6 Å². The van der Waals surface area contributed by atoms with Crippen LogP contribution in [0.4, 0.5) is 0 Å². The smallest absolute Gasteiger partial charge is 0.317 e. The minimum absolute atomic E-state index is 0.160. The van der Waals surface area contributed by atoms with Gasteiger partial charge in [0.25, 0.3) is 0 Å². The number of ether oxygens (including phenoxy) is 2. The van der Waals surface area contributed by atoms with Crippen molar-refractivity contribution >= 4 is 11.9 Å². The minimum atomic E-state index is -1.56. The lowest BCUT2D eigenvalue weighted by atomic mass is 10.4. The highest BCUT2D eigenvalue weighted by Gasteiger charge is 2.09. The van der Waals surface area contributed by atoms with Gasteiger partial charge in [-0.2, -0.15) is 0 Å². The Balaban J connectivity index is 3.91. The predicted molar refractivity (Wildman–Crippen MR) is 37.9 cm³/mol. The molecule has 0 spiro atoms. The first-order valence-electron chi connectivity index (χ1n) is 3.96. The number of carbonyl (C=O) groups is 2. The Morgan fingerprint density at radius 1 is 1.18 bits per heavy atom. The molecular formula is C7H12O4. The van der Waals surface area contributed by atoms with Crippen LogP contribution in [0, 0.1) is 0 Å². The maximum atomic E-state index is 10.7. The van der Waals surface area contributed by atoms with Gasteiger partial charge in [0, 0.05) is 0 Å². The van der Waals surface area contributed by atoms with Gasteiger partial charge in [-0.25, -0.2) is 0 Å². The second-order valence-corrected chi connectivity index (χ2v) is 1.65. The summed E-state index contributed by atoms with van der Waals surface area (Å²) in [5.74, 6) is -1.73. The highest BCUT2D eigenvalue weighted by molar-refractivity contribution is 5.91. The summed E-state index contributed by atoms with van der Waals surface area (Å²) in [7, 11) is 0. The average molecular weight is 161 g/mol. The van der Waals surface area contributed by atoms with E-state index in [4.69, 9.17) is 1.37 Å². The molecule has 4 nitrogen and oxygen atoms in total. The van der Waals surface area contributed by atoms with Crippen LogP contribution in [-0.4, -0.2) is 25.2 Å². The van der Waals surface area contributed by atoms with Gasteiger partial charge < -0.3 is 9.47 Å². The van der Waals surface area contributed by atoms with Gasteiger partial charge in [-0.15, -0.1) is 0 Å². The van der Waals surface area contributed by atoms with E-state index in [9.17, 15) is 9.59 Å². The van der Waals surface area contributed by atoms with Crippen LogP contribution >= 0.6 is 0 Å². The molecular weight excluding hydrogens is 148 g/mol. The molecule has 0 saturated heterocycles. The lowest BCUT2D eigenvalue weighted by Crippen LogP contribution is -2.13. The summed E-state index contributed by atoms with van der Waals surface area (Å²) in [5, 5.41) is 0. The Labute approximate surface area is 66.9 Å². The molecule has 0 aromatic heterocycles. The van der Waals surface area contributed by atoms with E-state index in [0.717, 1.165) is 0 Å². The summed E-state index contributed by atoms with van der Waals surface area (Å²) in [6.45, 7) is 3.53. The second kappa shape index (κ2) is 5.70. The molecule has 0 aromatic carbocycles. The third kappa shape index (κ3) is 5.39. The van der Waals surface area contributed by atoms with Crippen molar-refractivity contribution in [3.63, 3.8) is 0 Å². The van der Waals surface area contributed by atoms with E-state index in [2.05, 4.69) is 9.47 Å². The first-order chi connectivity index (χ1) is 5.63. The molecule has 0 aliphatic rings. The fourth-order valence-electron chi connectivity index (χ4n) is 0.464. The van der Waals surface area contributed by atoms with Crippen molar-refractivity contribution in [2.24, 2.45) is 0 Å². The molecule has 0 aliphatic carbocycles. The standard InChI is InChI=1S/C7H12O4/c1-3-10-6(8)5-7(9)11-4-2/h3-5H2,1-2H3/i5D. The quantitative estimate of drug-likeness (QED) is 0.445. The van der Waals surface area contributed by atoms with E-state index < -0.39 is 18.3 Å². The van der Waals surface area contributed by atoms with Crippen molar-refractivity contribution in [2.75, 3.05) is 13.2 Å². The van der Waals surface area contributed by atoms with Crippen molar-refractivity contribution in [1.29, 1.82) is 0 Å². The van der Waals surface area contributed by atoms with Crippen molar-refractivity contribution in [3.05, 3.63) is 0 Å². The number of esters is 2. The molecule has 0 aromatic rings. The van der Waals surface area contributed by atoms with E-state index in [1.807, 2.05) is 0 Å². The Morgan fingerprint density at radius 2 is 1.55 bits per heavy atom. The molecule has 0 aliphatic heterocycles. The van der Waals surface area contributed by atoms with Gasteiger partial charge in [-0.05, 0) is 13.8 Å². The summed E-state index contributed by atoms with van der Waals surface area (Å²) >= 11 is 0. The third-order valence-electron chi connectivity index (χ3n) is 0.809. The minimum Gasteiger partial charge on any atom is -0.466 e. The second-order valence-electron chi connectivity index (χ2n) is 1.65. The lowest BCUT2D eigenvalue weighted by molar-refractivity contribution is -0.153. The average Bonchev–Trinajstić information content (AvgIpc) is 2.04. The van der Waals surface area contributed by atoms with E-state index in [1.165, 1.54) is 0 Å². The molecule has 4 heteroatoms. The highest BCUT2D eigenvalue weighted by atomic mass is 16.5. The molecule has 0 saturated carbocycles. The first-order valence-corrected chi connectivity index (χ1v) is 3.39. The molecule has 64 valence electrons. The SMILES string of the molecule is [2H]C(C(=O)OCC)C(=O)OCC. The van der Waals surface area contributed by atoms with Crippen LogP contribution in [0.25, 0.3) is 0 Å². The monoisotopic (exact) mass is 161 g/mol. The van der Waals surface area contributed by atoms with Gasteiger partial charge in [0.2, 0.25) is 0 Å². The van der Waals surface area contributed by atoms with Gasteiger partial charge >= 0.3 is 11.9 Å². The maximum absolute atomic E-state index is 10.7. The maximum Gasteiger partial charge on any atom is 0.317 e. The molecule has 0 heterocycles. The zero-order chi connectivity index (χ0) is 9.56. The number of rotatable bonds is 4. The summed E-state index contributed by atoms with van der Waals surface area (Å²) in [6.07, 6.45) is -1.56. The Kier molecular flexibility index (Phi) is 4.17. The molecule has 0 atom stereocenters. The molecule has 0 fully saturated rings. The van der Waals surface area contributed by atoms with Crippen LogP contribution in [0.3, 0.4) is 0 Å². The number of hydrogen-bond donors (Lipinski definition) is 0. The van der Waals surface area contributed by atoms with Crippen LogP contribution in [0.15, 0.2) is 0 Å². The van der Waals surface area contributed by atoms with Gasteiger partial charge in [-0.1, -0.05) is 0 Å². The Hall–Kier alpha value is -1.06. The van der Waals surface area contributed by atoms with Crippen molar-refractivity contribution in [3.8, 4) is 0 Å². The molecule has 0 radical (unpaired) electrons. The summed E-state index contributed by atoms with van der Waals surface area (Å²) in [5.41, 5.74) is 0. The van der Waals surface area contributed by atoms with Crippen LogP contribution < -0.4 is 0 Å². The van der Waals surface area contributed by atoms with Crippen LogP contribution in [0.2, 0.25) is 0 Å². The third-order valence-corrected chi connectivity index (χ3v) is 0.809. The van der Waals surface area contributed by atoms with Gasteiger partial charge in [0.15, 0.2) is 0 Å². The number of carbonyl (C=O) groups excluding carboxylic acids is 2. The van der Waals surface area contributed by atoms with Crippen LogP contribution in [-0.2, 0) is 19.1 Å². The van der Waals surface area contributed by atoms with E-state index in [1.54, 1.807) is 13.8 Å². The topological polar surface area (TPSA) is 52.6 Å². The molecule has 0 bridgehead atoms. The first kappa shape index (κ1) is 8.04. The van der Waals surface area contributed by atoms with Crippen molar-refractivity contribution < 1.29 is 20.4 Å². The molecule has 0 unspecified atom stereocenters. The van der Waals surface area contributed by atoms with E-state index in [-0.39, 0.29) is 13.2 Å². The Bertz CT molecular complexity index is 151. The normalized spacial score (nSPS) is 10.6.